The highest BCUT2D eigenvalue weighted by atomic mass is 16.5. The van der Waals surface area contributed by atoms with E-state index in [4.69, 9.17) is 4.74 Å². The molecule has 0 spiro atoms. The van der Waals surface area contributed by atoms with Crippen LogP contribution in [0.1, 0.15) is 47.9 Å². The first-order chi connectivity index (χ1) is 11.0. The van der Waals surface area contributed by atoms with Crippen LogP contribution in [-0.4, -0.2) is 11.9 Å². The molecule has 0 saturated carbocycles. The SMILES string of the molecule is CC(C)(NC(=O)CC1OC(=O)c2ccccc21)c1ccccc1. The van der Waals surface area contributed by atoms with Gasteiger partial charge in [-0.2, -0.15) is 0 Å². The van der Waals surface area contributed by atoms with Gasteiger partial charge in [0.15, 0.2) is 0 Å². The number of benzene rings is 2. The van der Waals surface area contributed by atoms with E-state index in [1.54, 1.807) is 12.1 Å². The van der Waals surface area contributed by atoms with Crippen molar-refractivity contribution in [3.8, 4) is 0 Å². The lowest BCUT2D eigenvalue weighted by atomic mass is 9.93. The standard InChI is InChI=1S/C19H19NO3/c1-19(2,13-8-4-3-5-9-13)20-17(21)12-16-14-10-6-7-11-15(14)18(22)23-16/h3-11,16H,12H2,1-2H3,(H,20,21). The van der Waals surface area contributed by atoms with Gasteiger partial charge in [0.25, 0.3) is 0 Å². The average Bonchev–Trinajstić information content (AvgIpc) is 2.84. The van der Waals surface area contributed by atoms with E-state index in [0.717, 1.165) is 11.1 Å². The van der Waals surface area contributed by atoms with E-state index < -0.39 is 11.6 Å². The molecule has 1 aliphatic rings. The predicted octanol–water partition coefficient (Wildman–Crippen LogP) is 3.34. The van der Waals surface area contributed by atoms with Crippen molar-refractivity contribution in [3.05, 3.63) is 71.3 Å². The molecule has 0 aromatic heterocycles. The van der Waals surface area contributed by atoms with Crippen molar-refractivity contribution >= 4 is 11.9 Å². The Kier molecular flexibility index (Phi) is 3.90. The summed E-state index contributed by atoms with van der Waals surface area (Å²) >= 11 is 0. The van der Waals surface area contributed by atoms with E-state index in [2.05, 4.69) is 5.32 Å². The fourth-order valence-electron chi connectivity index (χ4n) is 2.87. The van der Waals surface area contributed by atoms with E-state index in [-0.39, 0.29) is 18.3 Å². The number of hydrogen-bond donors (Lipinski definition) is 1. The summed E-state index contributed by atoms with van der Waals surface area (Å²) in [4.78, 5) is 24.2. The van der Waals surface area contributed by atoms with Crippen molar-refractivity contribution in [1.82, 2.24) is 5.32 Å². The van der Waals surface area contributed by atoms with Crippen LogP contribution in [0.5, 0.6) is 0 Å². The first-order valence-corrected chi connectivity index (χ1v) is 7.64. The molecule has 23 heavy (non-hydrogen) atoms. The minimum Gasteiger partial charge on any atom is -0.453 e. The molecule has 1 amide bonds. The van der Waals surface area contributed by atoms with Gasteiger partial charge in [-0.3, -0.25) is 4.79 Å². The molecule has 0 fully saturated rings. The molecule has 1 N–H and O–H groups in total. The zero-order valence-corrected chi connectivity index (χ0v) is 13.2. The summed E-state index contributed by atoms with van der Waals surface area (Å²) in [6.07, 6.45) is -0.385. The van der Waals surface area contributed by atoms with Crippen LogP contribution in [0.4, 0.5) is 0 Å². The molecule has 4 heteroatoms. The second-order valence-electron chi connectivity index (χ2n) is 6.22. The van der Waals surface area contributed by atoms with Gasteiger partial charge in [0.1, 0.15) is 6.10 Å². The van der Waals surface area contributed by atoms with Gasteiger partial charge in [0.05, 0.1) is 17.5 Å². The first kappa shape index (κ1) is 15.3. The third-order valence-corrected chi connectivity index (χ3v) is 4.10. The maximum atomic E-state index is 12.4. The summed E-state index contributed by atoms with van der Waals surface area (Å²) in [7, 11) is 0. The van der Waals surface area contributed by atoms with Crippen LogP contribution in [0.25, 0.3) is 0 Å². The van der Waals surface area contributed by atoms with Gasteiger partial charge in [-0.15, -0.1) is 0 Å². The minimum atomic E-state index is -0.509. The molecule has 1 atom stereocenters. The number of carbonyl (C=O) groups is 2. The molecule has 3 rings (SSSR count). The Morgan fingerprint density at radius 3 is 2.48 bits per heavy atom. The van der Waals surface area contributed by atoms with Crippen LogP contribution >= 0.6 is 0 Å². The summed E-state index contributed by atoms with van der Waals surface area (Å²) in [6.45, 7) is 3.91. The highest BCUT2D eigenvalue weighted by Crippen LogP contribution is 2.33. The predicted molar refractivity (Wildman–Crippen MR) is 86.8 cm³/mol. The molecule has 2 aromatic rings. The molecule has 1 aliphatic heterocycles. The van der Waals surface area contributed by atoms with Gasteiger partial charge in [0, 0.05) is 5.56 Å². The Morgan fingerprint density at radius 1 is 1.09 bits per heavy atom. The number of esters is 1. The molecule has 1 heterocycles. The van der Waals surface area contributed by atoms with E-state index >= 15 is 0 Å². The highest BCUT2D eigenvalue weighted by molar-refractivity contribution is 5.94. The second kappa shape index (κ2) is 5.88. The lowest BCUT2D eigenvalue weighted by Gasteiger charge is -2.27. The highest BCUT2D eigenvalue weighted by Gasteiger charge is 2.33. The quantitative estimate of drug-likeness (QED) is 0.881. The summed E-state index contributed by atoms with van der Waals surface area (Å²) in [5.74, 6) is -0.505. The summed E-state index contributed by atoms with van der Waals surface area (Å²) in [6, 6.07) is 17.0. The number of cyclic esters (lactones) is 1. The van der Waals surface area contributed by atoms with Crippen LogP contribution in [-0.2, 0) is 15.1 Å². The molecule has 118 valence electrons. The Bertz CT molecular complexity index is 737. The summed E-state index contributed by atoms with van der Waals surface area (Å²) in [5.41, 5.74) is 1.87. The number of carbonyl (C=O) groups excluding carboxylic acids is 2. The number of fused-ring (bicyclic) bond motifs is 1. The molecule has 1 unspecified atom stereocenters. The largest absolute Gasteiger partial charge is 0.453 e. The van der Waals surface area contributed by atoms with Crippen molar-refractivity contribution in [2.75, 3.05) is 0 Å². The molecule has 0 radical (unpaired) electrons. The van der Waals surface area contributed by atoms with Crippen LogP contribution in [0.3, 0.4) is 0 Å². The topological polar surface area (TPSA) is 55.4 Å². The van der Waals surface area contributed by atoms with Gasteiger partial charge >= 0.3 is 5.97 Å². The molecule has 2 aromatic carbocycles. The van der Waals surface area contributed by atoms with Crippen molar-refractivity contribution in [2.24, 2.45) is 0 Å². The molecule has 0 bridgehead atoms. The van der Waals surface area contributed by atoms with Crippen molar-refractivity contribution < 1.29 is 14.3 Å². The fraction of sp³-hybridized carbons (Fsp3) is 0.263. The normalized spacial score (nSPS) is 16.6. The smallest absolute Gasteiger partial charge is 0.339 e. The van der Waals surface area contributed by atoms with Crippen molar-refractivity contribution in [2.45, 2.75) is 31.9 Å². The lowest BCUT2D eigenvalue weighted by molar-refractivity contribution is -0.124. The number of hydrogen-bond acceptors (Lipinski definition) is 3. The first-order valence-electron chi connectivity index (χ1n) is 7.64. The van der Waals surface area contributed by atoms with Crippen molar-refractivity contribution in [3.63, 3.8) is 0 Å². The van der Waals surface area contributed by atoms with E-state index in [1.165, 1.54) is 0 Å². The van der Waals surface area contributed by atoms with Crippen LogP contribution in [0.15, 0.2) is 54.6 Å². The number of nitrogens with one attached hydrogen (secondary N) is 1. The molecular weight excluding hydrogens is 290 g/mol. The van der Waals surface area contributed by atoms with Crippen LogP contribution in [0.2, 0.25) is 0 Å². The van der Waals surface area contributed by atoms with E-state index in [9.17, 15) is 9.59 Å². The fourth-order valence-corrected chi connectivity index (χ4v) is 2.87. The molecule has 0 aliphatic carbocycles. The third kappa shape index (κ3) is 3.11. The van der Waals surface area contributed by atoms with Gasteiger partial charge in [0.2, 0.25) is 5.91 Å². The molecule has 0 saturated heterocycles. The zero-order chi connectivity index (χ0) is 16.4. The van der Waals surface area contributed by atoms with Gasteiger partial charge < -0.3 is 10.1 Å². The van der Waals surface area contributed by atoms with E-state index in [0.29, 0.717) is 5.56 Å². The zero-order valence-electron chi connectivity index (χ0n) is 13.2. The van der Waals surface area contributed by atoms with Crippen LogP contribution in [0, 0.1) is 0 Å². The summed E-state index contributed by atoms with van der Waals surface area (Å²) in [5, 5.41) is 3.01. The van der Waals surface area contributed by atoms with Gasteiger partial charge in [-0.1, -0.05) is 48.5 Å². The Balaban J connectivity index is 1.70. The summed E-state index contributed by atoms with van der Waals surface area (Å²) < 4.78 is 5.32. The third-order valence-electron chi connectivity index (χ3n) is 4.10. The Hall–Kier alpha value is -2.62. The maximum Gasteiger partial charge on any atom is 0.339 e. The molecular formula is C19H19NO3. The maximum absolute atomic E-state index is 12.4. The van der Waals surface area contributed by atoms with Crippen molar-refractivity contribution in [1.29, 1.82) is 0 Å². The van der Waals surface area contributed by atoms with Gasteiger partial charge in [-0.05, 0) is 25.5 Å². The van der Waals surface area contributed by atoms with Crippen LogP contribution < -0.4 is 5.32 Å². The number of rotatable bonds is 4. The second-order valence-corrected chi connectivity index (χ2v) is 6.22. The monoisotopic (exact) mass is 309 g/mol. The number of amides is 1. The number of ether oxygens (including phenoxy) is 1. The Labute approximate surface area is 135 Å². The molecule has 4 nitrogen and oxygen atoms in total. The Morgan fingerprint density at radius 2 is 1.74 bits per heavy atom. The average molecular weight is 309 g/mol. The lowest BCUT2D eigenvalue weighted by Crippen LogP contribution is -2.41. The van der Waals surface area contributed by atoms with Gasteiger partial charge in [-0.25, -0.2) is 4.79 Å². The van der Waals surface area contributed by atoms with E-state index in [1.807, 2.05) is 56.3 Å². The minimum absolute atomic E-state index is 0.124.